The fraction of sp³-hybridized carbons (Fsp3) is 0.192. The number of anilines is 1. The first-order valence-electron chi connectivity index (χ1n) is 10.7. The fourth-order valence-electron chi connectivity index (χ4n) is 4.01. The van der Waals surface area contributed by atoms with Gasteiger partial charge >= 0.3 is 12.1 Å². The van der Waals surface area contributed by atoms with Crippen LogP contribution in [0.2, 0.25) is 0 Å². The number of carbonyl (C=O) groups excluding carboxylic acids is 2. The number of nitrogens with one attached hydrogen (secondary N) is 2. The molecule has 0 radical (unpaired) electrons. The minimum Gasteiger partial charge on any atom is -0.481 e. The van der Waals surface area contributed by atoms with Gasteiger partial charge in [-0.25, -0.2) is 4.79 Å². The zero-order chi connectivity index (χ0) is 23.4. The molecule has 4 rings (SSSR count). The molecule has 2 amide bonds. The first-order valence-corrected chi connectivity index (χ1v) is 10.7. The van der Waals surface area contributed by atoms with Gasteiger partial charge in [-0.3, -0.25) is 9.59 Å². The summed E-state index contributed by atoms with van der Waals surface area (Å²) < 4.78 is 5.48. The third kappa shape index (κ3) is 5.03. The summed E-state index contributed by atoms with van der Waals surface area (Å²) in [7, 11) is 0. The Morgan fingerprint density at radius 3 is 2.06 bits per heavy atom. The van der Waals surface area contributed by atoms with Crippen LogP contribution in [-0.2, 0) is 20.7 Å². The molecular weight excluding hydrogens is 420 g/mol. The summed E-state index contributed by atoms with van der Waals surface area (Å²) >= 11 is 0. The maximum absolute atomic E-state index is 12.4. The van der Waals surface area contributed by atoms with E-state index in [2.05, 4.69) is 22.8 Å². The van der Waals surface area contributed by atoms with E-state index < -0.39 is 24.0 Å². The van der Waals surface area contributed by atoms with Crippen LogP contribution >= 0.6 is 0 Å². The minimum absolute atomic E-state index is 0.0587. The van der Waals surface area contributed by atoms with Crippen LogP contribution in [0.15, 0.2) is 72.8 Å². The summed E-state index contributed by atoms with van der Waals surface area (Å²) in [4.78, 5) is 35.6. The molecule has 3 aromatic rings. The smallest absolute Gasteiger partial charge is 0.407 e. The fourth-order valence-corrected chi connectivity index (χ4v) is 4.01. The predicted octanol–water partition coefficient (Wildman–Crippen LogP) is 4.18. The molecule has 0 heterocycles. The van der Waals surface area contributed by atoms with Crippen molar-refractivity contribution in [2.45, 2.75) is 25.3 Å². The van der Waals surface area contributed by atoms with Crippen LogP contribution < -0.4 is 10.6 Å². The van der Waals surface area contributed by atoms with Crippen LogP contribution in [0.3, 0.4) is 0 Å². The van der Waals surface area contributed by atoms with Crippen LogP contribution in [0.4, 0.5) is 10.5 Å². The summed E-state index contributed by atoms with van der Waals surface area (Å²) in [6, 6.07) is 21.8. The Labute approximate surface area is 191 Å². The molecule has 7 heteroatoms. The summed E-state index contributed by atoms with van der Waals surface area (Å²) in [5, 5.41) is 14.1. The average molecular weight is 444 g/mol. The Bertz CT molecular complexity index is 1140. The van der Waals surface area contributed by atoms with Crippen molar-refractivity contribution in [1.29, 1.82) is 0 Å². The number of aliphatic carboxylic acids is 1. The van der Waals surface area contributed by atoms with Crippen LogP contribution in [0.5, 0.6) is 0 Å². The summed E-state index contributed by atoms with van der Waals surface area (Å²) in [6.45, 7) is 1.73. The molecule has 0 spiro atoms. The molecule has 0 bridgehead atoms. The molecule has 1 aliphatic carbocycles. The molecule has 168 valence electrons. The van der Waals surface area contributed by atoms with E-state index in [0.29, 0.717) is 11.3 Å². The normalized spacial score (nSPS) is 12.9. The molecule has 0 aromatic heterocycles. The van der Waals surface area contributed by atoms with Crippen molar-refractivity contribution in [3.8, 4) is 11.1 Å². The molecule has 7 nitrogen and oxygen atoms in total. The number of carboxylic acid groups (broad SMARTS) is 1. The number of fused-ring (bicyclic) bond motifs is 3. The van der Waals surface area contributed by atoms with Gasteiger partial charge in [0.15, 0.2) is 0 Å². The second-order valence-corrected chi connectivity index (χ2v) is 7.95. The molecule has 33 heavy (non-hydrogen) atoms. The van der Waals surface area contributed by atoms with Crippen molar-refractivity contribution in [3.63, 3.8) is 0 Å². The lowest BCUT2D eigenvalue weighted by Gasteiger charge is -2.17. The van der Waals surface area contributed by atoms with Gasteiger partial charge in [-0.2, -0.15) is 0 Å². The number of amides is 2. The number of hydrogen-bond acceptors (Lipinski definition) is 4. The quantitative estimate of drug-likeness (QED) is 0.507. The van der Waals surface area contributed by atoms with Gasteiger partial charge in [-0.15, -0.1) is 0 Å². The molecule has 3 N–H and O–H groups in total. The molecule has 0 aliphatic heterocycles. The maximum Gasteiger partial charge on any atom is 0.407 e. The monoisotopic (exact) mass is 444 g/mol. The van der Waals surface area contributed by atoms with Gasteiger partial charge in [-0.05, 0) is 46.9 Å². The van der Waals surface area contributed by atoms with E-state index in [0.717, 1.165) is 22.3 Å². The lowest BCUT2D eigenvalue weighted by Crippen LogP contribution is -2.42. The van der Waals surface area contributed by atoms with Gasteiger partial charge in [-0.1, -0.05) is 60.7 Å². The van der Waals surface area contributed by atoms with Crippen molar-refractivity contribution in [2.24, 2.45) is 0 Å². The largest absolute Gasteiger partial charge is 0.481 e. The van der Waals surface area contributed by atoms with E-state index in [-0.39, 0.29) is 18.9 Å². The van der Waals surface area contributed by atoms with E-state index in [9.17, 15) is 14.4 Å². The number of hydrogen-bond donors (Lipinski definition) is 3. The van der Waals surface area contributed by atoms with Gasteiger partial charge < -0.3 is 20.5 Å². The molecule has 0 saturated carbocycles. The highest BCUT2D eigenvalue weighted by molar-refractivity contribution is 5.96. The van der Waals surface area contributed by atoms with E-state index in [1.807, 2.05) is 36.4 Å². The van der Waals surface area contributed by atoms with Gasteiger partial charge in [0.25, 0.3) is 0 Å². The Balaban J connectivity index is 1.32. The van der Waals surface area contributed by atoms with Crippen LogP contribution in [0.1, 0.15) is 29.5 Å². The first-order chi connectivity index (χ1) is 15.9. The van der Waals surface area contributed by atoms with E-state index in [4.69, 9.17) is 9.84 Å². The third-order valence-electron chi connectivity index (χ3n) is 5.65. The second kappa shape index (κ2) is 9.56. The Morgan fingerprint density at radius 1 is 0.909 bits per heavy atom. The third-order valence-corrected chi connectivity index (χ3v) is 5.65. The number of alkyl carbamates (subject to hydrolysis) is 1. The standard InChI is InChI=1S/C26H24N2O5/c1-16(25(31)28-18-12-10-17(11-13-18)14-24(29)30)27-26(32)33-15-23-21-8-4-2-6-19(21)20-7-3-5-9-22(20)23/h2-13,16,23H,14-15H2,1H3,(H,27,32)(H,28,31)(H,29,30). The number of carbonyl (C=O) groups is 3. The average Bonchev–Trinajstić information content (AvgIpc) is 3.12. The lowest BCUT2D eigenvalue weighted by molar-refractivity contribution is -0.136. The number of ether oxygens (including phenoxy) is 1. The number of benzene rings is 3. The predicted molar refractivity (Wildman–Crippen MR) is 124 cm³/mol. The van der Waals surface area contributed by atoms with Gasteiger partial charge in [0, 0.05) is 11.6 Å². The topological polar surface area (TPSA) is 105 Å². The maximum atomic E-state index is 12.4. The van der Waals surface area contributed by atoms with Crippen LogP contribution in [-0.4, -0.2) is 35.7 Å². The van der Waals surface area contributed by atoms with Crippen molar-refractivity contribution in [1.82, 2.24) is 5.32 Å². The first kappa shape index (κ1) is 22.1. The highest BCUT2D eigenvalue weighted by atomic mass is 16.5. The van der Waals surface area contributed by atoms with Crippen molar-refractivity contribution >= 4 is 23.7 Å². The van der Waals surface area contributed by atoms with E-state index in [1.54, 1.807) is 31.2 Å². The van der Waals surface area contributed by atoms with Crippen LogP contribution in [0, 0.1) is 0 Å². The molecule has 0 saturated heterocycles. The number of rotatable bonds is 7. The minimum atomic E-state index is -0.923. The van der Waals surface area contributed by atoms with E-state index >= 15 is 0 Å². The summed E-state index contributed by atoms with van der Waals surface area (Å²) in [5.74, 6) is -1.39. The summed E-state index contributed by atoms with van der Waals surface area (Å²) in [5.41, 5.74) is 5.65. The highest BCUT2D eigenvalue weighted by Crippen LogP contribution is 2.44. The molecule has 1 unspecified atom stereocenters. The molecule has 3 aromatic carbocycles. The number of carboxylic acids is 1. The molecule has 1 aliphatic rings. The van der Waals surface area contributed by atoms with Crippen LogP contribution in [0.25, 0.3) is 11.1 Å². The zero-order valence-electron chi connectivity index (χ0n) is 18.1. The van der Waals surface area contributed by atoms with Crippen molar-refractivity contribution in [2.75, 3.05) is 11.9 Å². The van der Waals surface area contributed by atoms with E-state index in [1.165, 1.54) is 0 Å². The Kier molecular flexibility index (Phi) is 6.40. The SMILES string of the molecule is CC(NC(=O)OCC1c2ccccc2-c2ccccc21)C(=O)Nc1ccc(CC(=O)O)cc1. The van der Waals surface area contributed by atoms with Crippen molar-refractivity contribution < 1.29 is 24.2 Å². The molecular formula is C26H24N2O5. The van der Waals surface area contributed by atoms with Gasteiger partial charge in [0.1, 0.15) is 12.6 Å². The van der Waals surface area contributed by atoms with Crippen molar-refractivity contribution in [3.05, 3.63) is 89.5 Å². The zero-order valence-corrected chi connectivity index (χ0v) is 18.1. The summed E-state index contributed by atoms with van der Waals surface area (Å²) in [6.07, 6.45) is -0.759. The van der Waals surface area contributed by atoms with Gasteiger partial charge in [0.05, 0.1) is 6.42 Å². The molecule has 0 fully saturated rings. The van der Waals surface area contributed by atoms with Gasteiger partial charge in [0.2, 0.25) is 5.91 Å². The second-order valence-electron chi connectivity index (χ2n) is 7.95. The lowest BCUT2D eigenvalue weighted by atomic mass is 9.98. The highest BCUT2D eigenvalue weighted by Gasteiger charge is 2.29. The Hall–Kier alpha value is -4.13. The molecule has 1 atom stereocenters. The Morgan fingerprint density at radius 2 is 1.48 bits per heavy atom.